The molecule has 0 amide bonds. The van der Waals surface area contributed by atoms with E-state index in [-0.39, 0.29) is 0 Å². The highest BCUT2D eigenvalue weighted by Gasteiger charge is 2.35. The third kappa shape index (κ3) is 2.89. The van der Waals surface area contributed by atoms with Crippen LogP contribution >= 0.6 is 15.9 Å². The number of hydrogen-bond donors (Lipinski definition) is 0. The highest BCUT2D eigenvalue weighted by atomic mass is 79.9. The Morgan fingerprint density at radius 1 is 1.53 bits per heavy atom. The van der Waals surface area contributed by atoms with Gasteiger partial charge in [-0.15, -0.1) is 0 Å². The van der Waals surface area contributed by atoms with E-state index in [4.69, 9.17) is 4.74 Å². The minimum Gasteiger partial charge on any atom is -0.378 e. The first-order valence-corrected chi connectivity index (χ1v) is 7.32. The molecular formula is C14H20BrNO. The highest BCUT2D eigenvalue weighted by molar-refractivity contribution is 9.09. The first kappa shape index (κ1) is 13.0. The molecule has 2 heterocycles. The van der Waals surface area contributed by atoms with Gasteiger partial charge in [-0.1, -0.05) is 35.8 Å². The molecule has 94 valence electrons. The van der Waals surface area contributed by atoms with Crippen molar-refractivity contribution < 1.29 is 4.74 Å². The van der Waals surface area contributed by atoms with E-state index in [9.17, 15) is 0 Å². The van der Waals surface area contributed by atoms with E-state index in [1.165, 1.54) is 0 Å². The van der Waals surface area contributed by atoms with E-state index >= 15 is 0 Å². The lowest BCUT2D eigenvalue weighted by atomic mass is 9.87. The summed E-state index contributed by atoms with van der Waals surface area (Å²) in [4.78, 5) is 4.90. The van der Waals surface area contributed by atoms with Crippen molar-refractivity contribution in [2.45, 2.75) is 43.5 Å². The predicted molar refractivity (Wildman–Crippen MR) is 73.5 cm³/mol. The summed E-state index contributed by atoms with van der Waals surface area (Å²) in [6.45, 7) is 5.35. The average molecular weight is 298 g/mol. The fraction of sp³-hybridized carbons (Fsp3) is 0.643. The molecule has 0 spiro atoms. The molecule has 4 atom stereocenters. The van der Waals surface area contributed by atoms with Crippen LogP contribution in [-0.2, 0) is 4.74 Å². The van der Waals surface area contributed by atoms with Crippen LogP contribution < -0.4 is 0 Å². The van der Waals surface area contributed by atoms with Crippen molar-refractivity contribution in [2.24, 2.45) is 5.92 Å². The molecule has 1 aliphatic heterocycles. The Morgan fingerprint density at radius 3 is 3.00 bits per heavy atom. The molecule has 0 aliphatic carbocycles. The highest BCUT2D eigenvalue weighted by Crippen LogP contribution is 2.37. The van der Waals surface area contributed by atoms with Gasteiger partial charge in [0, 0.05) is 35.2 Å². The number of halogens is 1. The summed E-state index contributed by atoms with van der Waals surface area (Å²) < 4.78 is 5.77. The quantitative estimate of drug-likeness (QED) is 0.790. The molecule has 17 heavy (non-hydrogen) atoms. The van der Waals surface area contributed by atoms with E-state index in [1.54, 1.807) is 0 Å². The molecule has 1 aromatic rings. The minimum atomic E-state index is 0.408. The summed E-state index contributed by atoms with van der Waals surface area (Å²) in [6, 6.07) is 6.13. The van der Waals surface area contributed by atoms with Crippen molar-refractivity contribution in [2.75, 3.05) is 6.61 Å². The first-order valence-electron chi connectivity index (χ1n) is 6.40. The lowest BCUT2D eigenvalue weighted by molar-refractivity contribution is 0.0860. The second-order valence-electron chi connectivity index (χ2n) is 4.76. The van der Waals surface area contributed by atoms with E-state index in [1.807, 2.05) is 12.3 Å². The largest absolute Gasteiger partial charge is 0.378 e. The summed E-state index contributed by atoms with van der Waals surface area (Å²) in [5, 5.41) is 0. The Morgan fingerprint density at radius 2 is 2.35 bits per heavy atom. The standard InChI is InChI=1S/C14H20BrNO/c1-3-13-11(7-9-17-13)14(15)10(2)12-6-4-5-8-16-12/h4-6,8,10-11,13-14H,3,7,9H2,1-2H3. The van der Waals surface area contributed by atoms with Crippen LogP contribution in [0, 0.1) is 5.92 Å². The van der Waals surface area contributed by atoms with Gasteiger partial charge in [-0.05, 0) is 25.0 Å². The van der Waals surface area contributed by atoms with Gasteiger partial charge >= 0.3 is 0 Å². The van der Waals surface area contributed by atoms with Crippen LogP contribution in [0.3, 0.4) is 0 Å². The van der Waals surface area contributed by atoms with Crippen LogP contribution in [0.25, 0.3) is 0 Å². The number of hydrogen-bond acceptors (Lipinski definition) is 2. The Bertz CT molecular complexity index is 343. The van der Waals surface area contributed by atoms with Crippen molar-refractivity contribution >= 4 is 15.9 Å². The van der Waals surface area contributed by atoms with Crippen LogP contribution in [0.2, 0.25) is 0 Å². The number of aromatic nitrogens is 1. The molecular weight excluding hydrogens is 278 g/mol. The SMILES string of the molecule is CCC1OCCC1C(Br)C(C)c1ccccn1. The second kappa shape index (κ2) is 5.96. The van der Waals surface area contributed by atoms with Crippen molar-refractivity contribution in [3.8, 4) is 0 Å². The molecule has 1 fully saturated rings. The van der Waals surface area contributed by atoms with Crippen LogP contribution in [0.4, 0.5) is 0 Å². The normalized spacial score (nSPS) is 27.9. The maximum absolute atomic E-state index is 5.77. The minimum absolute atomic E-state index is 0.408. The monoisotopic (exact) mass is 297 g/mol. The number of ether oxygens (including phenoxy) is 1. The molecule has 2 rings (SSSR count). The Kier molecular flexibility index (Phi) is 4.57. The average Bonchev–Trinajstić information content (AvgIpc) is 2.86. The number of alkyl halides is 1. The van der Waals surface area contributed by atoms with Crippen molar-refractivity contribution in [3.63, 3.8) is 0 Å². The molecule has 0 N–H and O–H groups in total. The molecule has 1 aromatic heterocycles. The fourth-order valence-electron chi connectivity index (χ4n) is 2.63. The summed E-state index contributed by atoms with van der Waals surface area (Å²) in [5.74, 6) is 1.04. The molecule has 3 heteroatoms. The van der Waals surface area contributed by atoms with Crippen molar-refractivity contribution in [3.05, 3.63) is 30.1 Å². The van der Waals surface area contributed by atoms with Gasteiger partial charge in [0.2, 0.25) is 0 Å². The third-order valence-electron chi connectivity index (χ3n) is 3.70. The van der Waals surface area contributed by atoms with Crippen LogP contribution in [-0.4, -0.2) is 22.5 Å². The van der Waals surface area contributed by atoms with Gasteiger partial charge in [0.15, 0.2) is 0 Å². The zero-order valence-electron chi connectivity index (χ0n) is 10.5. The van der Waals surface area contributed by atoms with E-state index < -0.39 is 0 Å². The Hall–Kier alpha value is -0.410. The van der Waals surface area contributed by atoms with Gasteiger partial charge in [0.1, 0.15) is 0 Å². The second-order valence-corrected chi connectivity index (χ2v) is 5.82. The maximum Gasteiger partial charge on any atom is 0.0612 e. The maximum atomic E-state index is 5.77. The zero-order valence-corrected chi connectivity index (χ0v) is 12.1. The first-order chi connectivity index (χ1) is 8.24. The zero-order chi connectivity index (χ0) is 12.3. The summed E-state index contributed by atoms with van der Waals surface area (Å²) >= 11 is 3.87. The van der Waals surface area contributed by atoms with Crippen molar-refractivity contribution in [1.82, 2.24) is 4.98 Å². The topological polar surface area (TPSA) is 22.1 Å². The molecule has 4 unspecified atom stereocenters. The van der Waals surface area contributed by atoms with Crippen LogP contribution in [0.15, 0.2) is 24.4 Å². The Balaban J connectivity index is 2.07. The molecule has 1 aliphatic rings. The van der Waals surface area contributed by atoms with Gasteiger partial charge in [0.25, 0.3) is 0 Å². The lowest BCUT2D eigenvalue weighted by Crippen LogP contribution is -2.28. The predicted octanol–water partition coefficient (Wildman–Crippen LogP) is 3.76. The summed E-state index contributed by atoms with van der Waals surface area (Å²) in [5.41, 5.74) is 1.16. The summed E-state index contributed by atoms with van der Waals surface area (Å²) in [6.07, 6.45) is 4.53. The number of pyridine rings is 1. The number of nitrogens with zero attached hydrogens (tertiary/aromatic N) is 1. The van der Waals surface area contributed by atoms with Crippen LogP contribution in [0.1, 0.15) is 38.3 Å². The van der Waals surface area contributed by atoms with E-state index in [0.29, 0.717) is 22.8 Å². The molecule has 2 nitrogen and oxygen atoms in total. The lowest BCUT2D eigenvalue weighted by Gasteiger charge is -2.27. The molecule has 0 saturated carbocycles. The Labute approximate surface area is 112 Å². The molecule has 1 saturated heterocycles. The van der Waals surface area contributed by atoms with Gasteiger partial charge in [-0.2, -0.15) is 0 Å². The smallest absolute Gasteiger partial charge is 0.0612 e. The van der Waals surface area contributed by atoms with Gasteiger partial charge in [-0.25, -0.2) is 0 Å². The van der Waals surface area contributed by atoms with Crippen molar-refractivity contribution in [1.29, 1.82) is 0 Å². The number of rotatable bonds is 4. The van der Waals surface area contributed by atoms with Crippen LogP contribution in [0.5, 0.6) is 0 Å². The van der Waals surface area contributed by atoms with Gasteiger partial charge in [-0.3, -0.25) is 4.98 Å². The molecule has 0 aromatic carbocycles. The summed E-state index contributed by atoms with van der Waals surface area (Å²) in [7, 11) is 0. The fourth-order valence-corrected chi connectivity index (χ4v) is 3.50. The third-order valence-corrected chi connectivity index (χ3v) is 5.18. The molecule has 0 radical (unpaired) electrons. The molecule has 0 bridgehead atoms. The van der Waals surface area contributed by atoms with Gasteiger partial charge < -0.3 is 4.74 Å². The van der Waals surface area contributed by atoms with E-state index in [0.717, 1.165) is 25.1 Å². The van der Waals surface area contributed by atoms with E-state index in [2.05, 4.69) is 46.9 Å². The van der Waals surface area contributed by atoms with Gasteiger partial charge in [0.05, 0.1) is 6.10 Å².